The molecule has 0 aromatic carbocycles. The van der Waals surface area contributed by atoms with E-state index in [1.165, 1.54) is 6.42 Å². The fourth-order valence-electron chi connectivity index (χ4n) is 1.56. The topological polar surface area (TPSA) is 50.9 Å². The summed E-state index contributed by atoms with van der Waals surface area (Å²) in [5.74, 6) is 1.57. The van der Waals surface area contributed by atoms with Gasteiger partial charge in [0.25, 0.3) is 0 Å². The van der Waals surface area contributed by atoms with Crippen molar-refractivity contribution in [2.24, 2.45) is 11.7 Å². The summed E-state index contributed by atoms with van der Waals surface area (Å²) >= 11 is 4.91. The molecule has 1 aromatic rings. The number of hydrogen-bond donors (Lipinski definition) is 2. The molecule has 0 aliphatic rings. The third kappa shape index (κ3) is 5.13. The van der Waals surface area contributed by atoms with E-state index < -0.39 is 0 Å². The van der Waals surface area contributed by atoms with Crippen LogP contribution in [0.25, 0.3) is 0 Å². The van der Waals surface area contributed by atoms with E-state index in [1.807, 2.05) is 18.2 Å². The smallest absolute Gasteiger partial charge is 0.126 e. The molecule has 4 heteroatoms. The van der Waals surface area contributed by atoms with E-state index >= 15 is 0 Å². The second kappa shape index (κ2) is 6.55. The van der Waals surface area contributed by atoms with Crippen LogP contribution in [0.5, 0.6) is 0 Å². The highest BCUT2D eigenvalue weighted by Gasteiger charge is 2.05. The van der Waals surface area contributed by atoms with Crippen molar-refractivity contribution in [3.8, 4) is 0 Å². The molecular weight excluding hydrogens is 230 g/mol. The van der Waals surface area contributed by atoms with Gasteiger partial charge in [-0.05, 0) is 37.8 Å². The summed E-state index contributed by atoms with van der Waals surface area (Å²) < 4.78 is 0. The molecule has 1 rings (SSSR count). The standard InChI is InChI=1S/C13H21N3S/c1-9(2)7-8-10(3)15-12-6-4-5-11(16-12)13(14)17/h4-6,9-10H,7-8H2,1-3H3,(H2,14,17)(H,15,16). The highest BCUT2D eigenvalue weighted by atomic mass is 32.1. The molecule has 0 saturated carbocycles. The van der Waals surface area contributed by atoms with E-state index in [2.05, 4.69) is 31.1 Å². The average Bonchev–Trinajstić information content (AvgIpc) is 2.26. The van der Waals surface area contributed by atoms with Gasteiger partial charge in [0.1, 0.15) is 10.8 Å². The molecule has 1 aromatic heterocycles. The largest absolute Gasteiger partial charge is 0.388 e. The summed E-state index contributed by atoms with van der Waals surface area (Å²) in [6.07, 6.45) is 2.35. The summed E-state index contributed by atoms with van der Waals surface area (Å²) in [5.41, 5.74) is 6.22. The van der Waals surface area contributed by atoms with Gasteiger partial charge >= 0.3 is 0 Å². The maximum absolute atomic E-state index is 5.55. The van der Waals surface area contributed by atoms with E-state index in [4.69, 9.17) is 18.0 Å². The third-order valence-electron chi connectivity index (χ3n) is 2.57. The summed E-state index contributed by atoms with van der Waals surface area (Å²) in [7, 11) is 0. The van der Waals surface area contributed by atoms with Crippen LogP contribution in [0.15, 0.2) is 18.2 Å². The van der Waals surface area contributed by atoms with Gasteiger partial charge in [0, 0.05) is 6.04 Å². The predicted molar refractivity (Wildman–Crippen MR) is 77.3 cm³/mol. The van der Waals surface area contributed by atoms with Gasteiger partial charge in [-0.1, -0.05) is 32.1 Å². The first-order valence-corrected chi connectivity index (χ1v) is 6.43. The second-order valence-corrected chi connectivity index (χ2v) is 5.23. The van der Waals surface area contributed by atoms with E-state index in [0.717, 1.165) is 18.2 Å². The van der Waals surface area contributed by atoms with Gasteiger partial charge < -0.3 is 11.1 Å². The Bertz CT molecular complexity index is 377. The molecule has 3 N–H and O–H groups in total. The maximum atomic E-state index is 5.55. The third-order valence-corrected chi connectivity index (χ3v) is 2.78. The van der Waals surface area contributed by atoms with Crippen molar-refractivity contribution in [3.05, 3.63) is 23.9 Å². The summed E-state index contributed by atoms with van der Waals surface area (Å²) in [4.78, 5) is 4.70. The number of aromatic nitrogens is 1. The second-order valence-electron chi connectivity index (χ2n) is 4.79. The Labute approximate surface area is 109 Å². The number of hydrogen-bond acceptors (Lipinski definition) is 3. The number of nitrogens with one attached hydrogen (secondary N) is 1. The summed E-state index contributed by atoms with van der Waals surface area (Å²) in [5, 5.41) is 3.37. The van der Waals surface area contributed by atoms with Crippen LogP contribution in [0.3, 0.4) is 0 Å². The first kappa shape index (κ1) is 13.9. The number of anilines is 1. The number of rotatable bonds is 6. The zero-order valence-corrected chi connectivity index (χ0v) is 11.6. The first-order valence-electron chi connectivity index (χ1n) is 6.02. The van der Waals surface area contributed by atoms with E-state index in [9.17, 15) is 0 Å². The Morgan fingerprint density at radius 3 is 2.65 bits per heavy atom. The lowest BCUT2D eigenvalue weighted by atomic mass is 10.0. The zero-order valence-electron chi connectivity index (χ0n) is 10.7. The summed E-state index contributed by atoms with van der Waals surface area (Å²) in [6.45, 7) is 6.63. The molecule has 0 radical (unpaired) electrons. The molecule has 0 aliphatic carbocycles. The number of nitrogens with two attached hydrogens (primary N) is 1. The normalized spacial score (nSPS) is 12.5. The lowest BCUT2D eigenvalue weighted by Crippen LogP contribution is -2.18. The van der Waals surface area contributed by atoms with Crippen LogP contribution < -0.4 is 11.1 Å². The van der Waals surface area contributed by atoms with E-state index in [-0.39, 0.29) is 0 Å². The van der Waals surface area contributed by atoms with Crippen molar-refractivity contribution in [3.63, 3.8) is 0 Å². The van der Waals surface area contributed by atoms with E-state index in [0.29, 0.717) is 16.7 Å². The van der Waals surface area contributed by atoms with Crippen molar-refractivity contribution in [2.75, 3.05) is 5.32 Å². The van der Waals surface area contributed by atoms with Crippen molar-refractivity contribution in [2.45, 2.75) is 39.7 Å². The lowest BCUT2D eigenvalue weighted by Gasteiger charge is -2.16. The van der Waals surface area contributed by atoms with Crippen molar-refractivity contribution in [1.29, 1.82) is 0 Å². The van der Waals surface area contributed by atoms with Gasteiger partial charge in [-0.2, -0.15) is 0 Å². The van der Waals surface area contributed by atoms with Crippen molar-refractivity contribution < 1.29 is 0 Å². The zero-order chi connectivity index (χ0) is 12.8. The Morgan fingerprint density at radius 2 is 2.06 bits per heavy atom. The molecule has 17 heavy (non-hydrogen) atoms. The number of thiocarbonyl (C=S) groups is 1. The molecule has 0 spiro atoms. The SMILES string of the molecule is CC(C)CCC(C)Nc1cccc(C(N)=S)n1. The Morgan fingerprint density at radius 1 is 1.35 bits per heavy atom. The van der Waals surface area contributed by atoms with Crippen LogP contribution in [0, 0.1) is 5.92 Å². The van der Waals surface area contributed by atoms with Crippen molar-refractivity contribution >= 4 is 23.0 Å². The Balaban J connectivity index is 2.56. The van der Waals surface area contributed by atoms with Gasteiger partial charge in [0.15, 0.2) is 0 Å². The molecule has 1 unspecified atom stereocenters. The van der Waals surface area contributed by atoms with Gasteiger partial charge in [0.2, 0.25) is 0 Å². The highest BCUT2D eigenvalue weighted by molar-refractivity contribution is 7.80. The molecule has 0 bridgehead atoms. The maximum Gasteiger partial charge on any atom is 0.126 e. The molecule has 0 saturated heterocycles. The fourth-order valence-corrected chi connectivity index (χ4v) is 1.67. The molecule has 1 heterocycles. The van der Waals surface area contributed by atoms with Crippen LogP contribution in [0.1, 0.15) is 39.3 Å². The minimum Gasteiger partial charge on any atom is -0.388 e. The molecule has 0 amide bonds. The highest BCUT2D eigenvalue weighted by Crippen LogP contribution is 2.12. The number of pyridine rings is 1. The number of nitrogens with zero attached hydrogens (tertiary/aromatic N) is 1. The van der Waals surface area contributed by atoms with Gasteiger partial charge in [-0.3, -0.25) is 0 Å². The van der Waals surface area contributed by atoms with Gasteiger partial charge in [0.05, 0.1) is 5.69 Å². The van der Waals surface area contributed by atoms with Crippen molar-refractivity contribution in [1.82, 2.24) is 4.98 Å². The monoisotopic (exact) mass is 251 g/mol. The molecule has 1 atom stereocenters. The van der Waals surface area contributed by atoms with Crippen LogP contribution in [0.2, 0.25) is 0 Å². The van der Waals surface area contributed by atoms with E-state index in [1.54, 1.807) is 0 Å². The van der Waals surface area contributed by atoms with Crippen LogP contribution in [0.4, 0.5) is 5.82 Å². The van der Waals surface area contributed by atoms with Crippen LogP contribution in [-0.2, 0) is 0 Å². The molecule has 3 nitrogen and oxygen atoms in total. The Kier molecular flexibility index (Phi) is 5.35. The van der Waals surface area contributed by atoms with Crippen LogP contribution >= 0.6 is 12.2 Å². The molecular formula is C13H21N3S. The fraction of sp³-hybridized carbons (Fsp3) is 0.538. The average molecular weight is 251 g/mol. The van der Waals surface area contributed by atoms with Gasteiger partial charge in [-0.15, -0.1) is 0 Å². The van der Waals surface area contributed by atoms with Gasteiger partial charge in [-0.25, -0.2) is 4.98 Å². The molecule has 0 fully saturated rings. The molecule has 0 aliphatic heterocycles. The minimum atomic E-state index is 0.337. The predicted octanol–water partition coefficient (Wildman–Crippen LogP) is 2.95. The minimum absolute atomic E-state index is 0.337. The first-order chi connectivity index (χ1) is 7.99. The Hall–Kier alpha value is -1.16. The lowest BCUT2D eigenvalue weighted by molar-refractivity contribution is 0.527. The molecule has 94 valence electrons. The summed E-state index contributed by atoms with van der Waals surface area (Å²) in [6, 6.07) is 6.09. The van der Waals surface area contributed by atoms with Crippen LogP contribution in [-0.4, -0.2) is 16.0 Å². The quantitative estimate of drug-likeness (QED) is 0.763.